The first-order chi connectivity index (χ1) is 18.7. The third-order valence-corrected chi connectivity index (χ3v) is 7.01. The molecule has 1 heterocycles. The zero-order valence-electron chi connectivity index (χ0n) is 24.1. The first-order valence-corrected chi connectivity index (χ1v) is 15.0. The van der Waals surface area contributed by atoms with Crippen LogP contribution in [0, 0.1) is 0 Å². The van der Waals surface area contributed by atoms with Crippen LogP contribution in [-0.4, -0.2) is 39.0 Å². The number of carbonyl (C=O) groups is 1. The standard InChI is InChI=1S/C33H52NO4/c1-3-4-5-6-7-8-9-10-11-12-13-14-15-19-26-37-28-32(36-2)29-38-33(35)31-22-20-30(21-23-31)27-34-24-17-16-18-25-34/h16-18,20-25,32H,3-15,19,26-29H2,1-2H3/q+1. The van der Waals surface area contributed by atoms with Gasteiger partial charge < -0.3 is 14.2 Å². The van der Waals surface area contributed by atoms with Crippen LogP contribution >= 0.6 is 0 Å². The van der Waals surface area contributed by atoms with Crippen molar-refractivity contribution in [2.45, 2.75) is 109 Å². The maximum atomic E-state index is 12.4. The Kier molecular flexibility index (Phi) is 18.2. The minimum Gasteiger partial charge on any atom is -0.459 e. The van der Waals surface area contributed by atoms with Gasteiger partial charge in [0.05, 0.1) is 12.2 Å². The summed E-state index contributed by atoms with van der Waals surface area (Å²) in [6.07, 6.45) is 22.7. The van der Waals surface area contributed by atoms with E-state index in [0.717, 1.165) is 25.1 Å². The first-order valence-electron chi connectivity index (χ1n) is 15.0. The van der Waals surface area contributed by atoms with Crippen molar-refractivity contribution in [3.63, 3.8) is 0 Å². The second-order valence-electron chi connectivity index (χ2n) is 10.4. The number of methoxy groups -OCH3 is 1. The van der Waals surface area contributed by atoms with Crippen molar-refractivity contribution in [1.29, 1.82) is 0 Å². The summed E-state index contributed by atoms with van der Waals surface area (Å²) in [5.41, 5.74) is 1.68. The molecule has 0 amide bonds. The number of ether oxygens (including phenoxy) is 3. The van der Waals surface area contributed by atoms with Gasteiger partial charge in [-0.3, -0.25) is 0 Å². The first kappa shape index (κ1) is 32.0. The van der Waals surface area contributed by atoms with E-state index in [1.54, 1.807) is 7.11 Å². The Morgan fingerprint density at radius 1 is 0.737 bits per heavy atom. The van der Waals surface area contributed by atoms with E-state index in [9.17, 15) is 4.79 Å². The Morgan fingerprint density at radius 2 is 1.29 bits per heavy atom. The monoisotopic (exact) mass is 526 g/mol. The Labute approximate surface area is 231 Å². The van der Waals surface area contributed by atoms with Crippen molar-refractivity contribution < 1.29 is 23.6 Å². The third-order valence-electron chi connectivity index (χ3n) is 7.01. The average molecular weight is 527 g/mol. The van der Waals surface area contributed by atoms with Gasteiger partial charge in [-0.25, -0.2) is 9.36 Å². The summed E-state index contributed by atoms with van der Waals surface area (Å²) < 4.78 is 18.8. The van der Waals surface area contributed by atoms with Crippen molar-refractivity contribution in [3.8, 4) is 0 Å². The fourth-order valence-corrected chi connectivity index (χ4v) is 4.55. The predicted octanol–water partition coefficient (Wildman–Crippen LogP) is 7.69. The number of aromatic nitrogens is 1. The number of pyridine rings is 1. The molecule has 5 nitrogen and oxygen atoms in total. The van der Waals surface area contributed by atoms with Crippen LogP contribution in [0.2, 0.25) is 0 Å². The molecule has 1 unspecified atom stereocenters. The minimum atomic E-state index is -0.335. The molecular weight excluding hydrogens is 474 g/mol. The molecule has 0 aliphatic heterocycles. The SMILES string of the molecule is CCCCCCCCCCCCCCCCOCC(COC(=O)c1ccc(C[n+]2ccccc2)cc1)OC. The molecule has 1 aromatic heterocycles. The lowest BCUT2D eigenvalue weighted by atomic mass is 10.0. The minimum absolute atomic E-state index is 0.190. The summed E-state index contributed by atoms with van der Waals surface area (Å²) in [6.45, 7) is 4.40. The lowest BCUT2D eigenvalue weighted by Gasteiger charge is -2.16. The number of carbonyl (C=O) groups excluding carboxylic acids is 1. The van der Waals surface area contributed by atoms with E-state index in [1.165, 1.54) is 83.5 Å². The number of hydrogen-bond acceptors (Lipinski definition) is 4. The van der Waals surface area contributed by atoms with E-state index in [0.29, 0.717) is 12.2 Å². The molecule has 0 spiro atoms. The Hall–Kier alpha value is -2.24. The van der Waals surface area contributed by atoms with Gasteiger partial charge in [0.15, 0.2) is 18.9 Å². The molecule has 0 aliphatic rings. The Balaban J connectivity index is 1.44. The summed E-state index contributed by atoms with van der Waals surface area (Å²) in [4.78, 5) is 12.4. The van der Waals surface area contributed by atoms with Crippen molar-refractivity contribution in [2.75, 3.05) is 26.9 Å². The molecule has 0 aliphatic carbocycles. The molecule has 38 heavy (non-hydrogen) atoms. The molecule has 0 bridgehead atoms. The number of nitrogens with zero attached hydrogens (tertiary/aromatic N) is 1. The van der Waals surface area contributed by atoms with Gasteiger partial charge in [-0.05, 0) is 18.6 Å². The molecule has 0 radical (unpaired) electrons. The van der Waals surface area contributed by atoms with Crippen LogP contribution in [0.3, 0.4) is 0 Å². The molecule has 0 N–H and O–H groups in total. The number of unbranched alkanes of at least 4 members (excludes halogenated alkanes) is 13. The van der Waals surface area contributed by atoms with Crippen molar-refractivity contribution in [2.24, 2.45) is 0 Å². The summed E-state index contributed by atoms with van der Waals surface area (Å²) in [5.74, 6) is -0.335. The zero-order chi connectivity index (χ0) is 27.1. The molecule has 1 atom stereocenters. The largest absolute Gasteiger partial charge is 0.459 e. The molecule has 212 valence electrons. The van der Waals surface area contributed by atoms with Gasteiger partial charge in [-0.15, -0.1) is 0 Å². The lowest BCUT2D eigenvalue weighted by molar-refractivity contribution is -0.688. The molecular formula is C33H52NO4+. The van der Waals surface area contributed by atoms with Crippen LogP contribution in [0.4, 0.5) is 0 Å². The van der Waals surface area contributed by atoms with E-state index in [2.05, 4.69) is 11.5 Å². The predicted molar refractivity (Wildman–Crippen MR) is 154 cm³/mol. The van der Waals surface area contributed by atoms with Gasteiger partial charge in [-0.1, -0.05) is 109 Å². The maximum Gasteiger partial charge on any atom is 0.338 e. The molecule has 1 aromatic carbocycles. The van der Waals surface area contributed by atoms with Crippen molar-refractivity contribution in [3.05, 3.63) is 66.0 Å². The van der Waals surface area contributed by atoms with E-state index in [-0.39, 0.29) is 18.7 Å². The van der Waals surface area contributed by atoms with Crippen LogP contribution in [0.15, 0.2) is 54.9 Å². The molecule has 2 aromatic rings. The molecule has 0 saturated carbocycles. The number of rotatable bonds is 23. The van der Waals surface area contributed by atoms with Gasteiger partial charge in [0.1, 0.15) is 12.7 Å². The van der Waals surface area contributed by atoms with E-state index < -0.39 is 0 Å². The average Bonchev–Trinajstić information content (AvgIpc) is 2.95. The second kappa shape index (κ2) is 21.7. The molecule has 0 fully saturated rings. The summed E-state index contributed by atoms with van der Waals surface area (Å²) >= 11 is 0. The number of hydrogen-bond donors (Lipinski definition) is 0. The number of benzene rings is 1. The highest BCUT2D eigenvalue weighted by Gasteiger charge is 2.13. The maximum absolute atomic E-state index is 12.4. The van der Waals surface area contributed by atoms with E-state index >= 15 is 0 Å². The van der Waals surface area contributed by atoms with Crippen molar-refractivity contribution >= 4 is 5.97 Å². The third kappa shape index (κ3) is 15.2. The van der Waals surface area contributed by atoms with Crippen LogP contribution in [0.1, 0.15) is 113 Å². The Bertz CT molecular complexity index is 825. The van der Waals surface area contributed by atoms with Crippen molar-refractivity contribution in [1.82, 2.24) is 0 Å². The highest BCUT2D eigenvalue weighted by molar-refractivity contribution is 5.89. The molecule has 0 saturated heterocycles. The zero-order valence-corrected chi connectivity index (χ0v) is 24.1. The van der Waals surface area contributed by atoms with Gasteiger partial charge >= 0.3 is 5.97 Å². The summed E-state index contributed by atoms with van der Waals surface area (Å²) in [6, 6.07) is 13.6. The summed E-state index contributed by atoms with van der Waals surface area (Å²) in [5, 5.41) is 0. The fourth-order valence-electron chi connectivity index (χ4n) is 4.55. The topological polar surface area (TPSA) is 48.6 Å². The highest BCUT2D eigenvalue weighted by Crippen LogP contribution is 2.13. The van der Waals surface area contributed by atoms with Gasteiger partial charge in [0, 0.05) is 31.4 Å². The lowest BCUT2D eigenvalue weighted by Crippen LogP contribution is -2.32. The van der Waals surface area contributed by atoms with Gasteiger partial charge in [-0.2, -0.15) is 0 Å². The van der Waals surface area contributed by atoms with Crippen LogP contribution in [0.25, 0.3) is 0 Å². The fraction of sp³-hybridized carbons (Fsp3) is 0.636. The summed E-state index contributed by atoms with van der Waals surface area (Å²) in [7, 11) is 1.63. The van der Waals surface area contributed by atoms with Crippen LogP contribution < -0.4 is 4.57 Å². The molecule has 5 heteroatoms. The normalized spacial score (nSPS) is 11.9. The van der Waals surface area contributed by atoms with Gasteiger partial charge in [0.2, 0.25) is 0 Å². The van der Waals surface area contributed by atoms with E-state index in [1.807, 2.05) is 54.9 Å². The van der Waals surface area contributed by atoms with Gasteiger partial charge in [0.25, 0.3) is 0 Å². The van der Waals surface area contributed by atoms with Crippen LogP contribution in [-0.2, 0) is 20.8 Å². The molecule has 2 rings (SSSR count). The number of esters is 1. The quantitative estimate of drug-likeness (QED) is 0.0846. The highest BCUT2D eigenvalue weighted by atomic mass is 16.6. The Morgan fingerprint density at radius 3 is 1.84 bits per heavy atom. The van der Waals surface area contributed by atoms with E-state index in [4.69, 9.17) is 14.2 Å². The van der Waals surface area contributed by atoms with Crippen LogP contribution in [0.5, 0.6) is 0 Å². The second-order valence-corrected chi connectivity index (χ2v) is 10.4. The smallest absolute Gasteiger partial charge is 0.338 e.